The van der Waals surface area contributed by atoms with E-state index in [1.807, 2.05) is 38.1 Å². The molecule has 45 heavy (non-hydrogen) atoms. The lowest BCUT2D eigenvalue weighted by molar-refractivity contribution is -0.139. The molecule has 0 saturated heterocycles. The van der Waals surface area contributed by atoms with E-state index in [9.17, 15) is 9.59 Å². The molecule has 3 N–H and O–H groups in total. The quantitative estimate of drug-likeness (QED) is 0.0952. The second-order valence-corrected chi connectivity index (χ2v) is 10.8. The Morgan fingerprint density at radius 2 is 1.76 bits per heavy atom. The third-order valence-electron chi connectivity index (χ3n) is 6.59. The summed E-state index contributed by atoms with van der Waals surface area (Å²) in [5.41, 5.74) is 6.77. The number of rotatable bonds is 13. The first kappa shape index (κ1) is 33.3. The number of ether oxygens (including phenoxy) is 4. The third kappa shape index (κ3) is 8.96. The predicted octanol–water partition coefficient (Wildman–Crippen LogP) is 5.51. The summed E-state index contributed by atoms with van der Waals surface area (Å²) in [4.78, 5) is 25.4. The second-order valence-electron chi connectivity index (χ2n) is 9.95. The van der Waals surface area contributed by atoms with Crippen LogP contribution in [0, 0.1) is 6.92 Å². The van der Waals surface area contributed by atoms with Gasteiger partial charge >= 0.3 is 5.97 Å². The second kappa shape index (κ2) is 15.9. The molecule has 3 aromatic rings. The van der Waals surface area contributed by atoms with Crippen LogP contribution < -0.4 is 30.3 Å². The van der Waals surface area contributed by atoms with Crippen molar-refractivity contribution in [2.24, 2.45) is 5.10 Å². The molecule has 0 radical (unpaired) electrons. The Hall–Kier alpha value is -4.61. The number of thiocarbonyl (C=S) groups is 1. The van der Waals surface area contributed by atoms with Gasteiger partial charge in [-0.1, -0.05) is 59.6 Å². The molecule has 0 bridgehead atoms. The van der Waals surface area contributed by atoms with Crippen LogP contribution in [0.4, 0.5) is 0 Å². The number of carbonyl (C=O) groups is 2. The number of benzene rings is 3. The van der Waals surface area contributed by atoms with Gasteiger partial charge < -0.3 is 29.6 Å². The fourth-order valence-corrected chi connectivity index (χ4v) is 5.06. The van der Waals surface area contributed by atoms with E-state index in [1.54, 1.807) is 50.2 Å². The highest BCUT2D eigenvalue weighted by molar-refractivity contribution is 7.80. The SMILES string of the molecule is CCOC(=O)C1=C(C)NC(=S)N[C@H]1c1ccccc1OCC(=O)NN=Cc1cc(Cl)c(OCc2ccc(C)cc2)c(OCC)c1. The van der Waals surface area contributed by atoms with Crippen LogP contribution in [0.2, 0.25) is 5.02 Å². The van der Waals surface area contributed by atoms with Gasteiger partial charge in [-0.2, -0.15) is 5.10 Å². The number of allylic oxidation sites excluding steroid dienone is 1. The van der Waals surface area contributed by atoms with Crippen molar-refractivity contribution < 1.29 is 28.5 Å². The minimum absolute atomic E-state index is 0.219. The molecule has 1 amide bonds. The van der Waals surface area contributed by atoms with E-state index >= 15 is 0 Å². The normalized spacial score (nSPS) is 14.4. The maximum atomic E-state index is 12.8. The van der Waals surface area contributed by atoms with Gasteiger partial charge in [0.15, 0.2) is 23.2 Å². The molecule has 0 spiro atoms. The van der Waals surface area contributed by atoms with Crippen LogP contribution in [0.15, 0.2) is 77.0 Å². The van der Waals surface area contributed by atoms with E-state index in [1.165, 1.54) is 6.21 Å². The first-order valence-corrected chi connectivity index (χ1v) is 15.1. The Morgan fingerprint density at radius 1 is 1.00 bits per heavy atom. The molecule has 4 rings (SSSR count). The number of hydrogen-bond acceptors (Lipinski definition) is 8. The highest BCUT2D eigenvalue weighted by Gasteiger charge is 2.32. The highest BCUT2D eigenvalue weighted by atomic mass is 35.5. The van der Waals surface area contributed by atoms with Gasteiger partial charge in [0.1, 0.15) is 12.4 Å². The molecule has 1 aliphatic heterocycles. The van der Waals surface area contributed by atoms with E-state index in [-0.39, 0.29) is 13.2 Å². The largest absolute Gasteiger partial charge is 0.490 e. The summed E-state index contributed by atoms with van der Waals surface area (Å²) >= 11 is 11.9. The first-order valence-electron chi connectivity index (χ1n) is 14.3. The molecule has 1 atom stereocenters. The van der Waals surface area contributed by atoms with Gasteiger partial charge in [0, 0.05) is 11.3 Å². The Kier molecular flexibility index (Phi) is 11.8. The van der Waals surface area contributed by atoms with Crippen molar-refractivity contribution in [1.82, 2.24) is 16.1 Å². The van der Waals surface area contributed by atoms with Gasteiger partial charge in [-0.05, 0) is 69.2 Å². The summed E-state index contributed by atoms with van der Waals surface area (Å²) in [7, 11) is 0. The lowest BCUT2D eigenvalue weighted by Crippen LogP contribution is -2.45. The van der Waals surface area contributed by atoms with Gasteiger partial charge in [0.25, 0.3) is 5.91 Å². The van der Waals surface area contributed by atoms with Crippen LogP contribution in [-0.2, 0) is 20.9 Å². The molecule has 236 valence electrons. The summed E-state index contributed by atoms with van der Waals surface area (Å²) in [6, 6.07) is 17.9. The number of hydrazone groups is 1. The maximum absolute atomic E-state index is 12.8. The summed E-state index contributed by atoms with van der Waals surface area (Å²) in [5, 5.41) is 10.8. The molecule has 0 unspecified atom stereocenters. The van der Waals surface area contributed by atoms with E-state index in [2.05, 4.69) is 21.2 Å². The summed E-state index contributed by atoms with van der Waals surface area (Å²) < 4.78 is 22.9. The number of carbonyl (C=O) groups excluding carboxylic acids is 2. The number of nitrogens with one attached hydrogen (secondary N) is 3. The molecule has 1 heterocycles. The smallest absolute Gasteiger partial charge is 0.338 e. The van der Waals surface area contributed by atoms with E-state index in [0.717, 1.165) is 11.1 Å². The molecule has 10 nitrogen and oxygen atoms in total. The molecule has 0 aromatic heterocycles. The molecule has 1 aliphatic rings. The molecule has 0 aliphatic carbocycles. The Morgan fingerprint density at radius 3 is 2.49 bits per heavy atom. The van der Waals surface area contributed by atoms with Crippen molar-refractivity contribution in [3.05, 3.63) is 99.2 Å². The highest BCUT2D eigenvalue weighted by Crippen LogP contribution is 2.37. The van der Waals surface area contributed by atoms with Crippen LogP contribution >= 0.6 is 23.8 Å². The van der Waals surface area contributed by atoms with Gasteiger partial charge in [-0.25, -0.2) is 10.2 Å². The standard InChI is InChI=1S/C33H35ClN4O6S/c1-5-41-27-16-23(15-25(34)31(27)44-18-22-13-11-20(3)12-14-22)17-35-38-28(39)19-43-26-10-8-7-9-24(26)30-29(32(40)42-6-2)21(4)36-33(45)37-30/h7-17,30H,5-6,18-19H2,1-4H3,(H,38,39)(H2,36,37,45)/t30-/m0/s1. The zero-order chi connectivity index (χ0) is 32.3. The van der Waals surface area contributed by atoms with Crippen LogP contribution in [0.25, 0.3) is 0 Å². The Bertz CT molecular complexity index is 1610. The maximum Gasteiger partial charge on any atom is 0.338 e. The number of halogens is 1. The van der Waals surface area contributed by atoms with Crippen LogP contribution in [0.1, 0.15) is 49.1 Å². The van der Waals surface area contributed by atoms with E-state index in [4.69, 9.17) is 42.8 Å². The van der Waals surface area contributed by atoms with Crippen molar-refractivity contribution in [3.8, 4) is 17.2 Å². The average molecular weight is 651 g/mol. The first-order chi connectivity index (χ1) is 21.7. The van der Waals surface area contributed by atoms with Gasteiger partial charge in [0.2, 0.25) is 0 Å². The fraction of sp³-hybridized carbons (Fsp3) is 0.273. The monoisotopic (exact) mass is 650 g/mol. The fourth-order valence-electron chi connectivity index (χ4n) is 4.52. The zero-order valence-electron chi connectivity index (χ0n) is 25.4. The number of esters is 1. The summed E-state index contributed by atoms with van der Waals surface area (Å²) in [5.74, 6) is 0.293. The molecular formula is C33H35ClN4O6S. The van der Waals surface area contributed by atoms with Crippen molar-refractivity contribution in [3.63, 3.8) is 0 Å². The number of aryl methyl sites for hydroxylation is 1. The number of amides is 1. The molecule has 0 fully saturated rings. The Balaban J connectivity index is 1.41. The summed E-state index contributed by atoms with van der Waals surface area (Å²) in [6.45, 7) is 7.99. The molecular weight excluding hydrogens is 616 g/mol. The minimum Gasteiger partial charge on any atom is -0.490 e. The molecule has 0 saturated carbocycles. The third-order valence-corrected chi connectivity index (χ3v) is 7.09. The summed E-state index contributed by atoms with van der Waals surface area (Å²) in [6.07, 6.45) is 1.45. The van der Waals surface area contributed by atoms with Crippen LogP contribution in [-0.4, -0.2) is 43.0 Å². The average Bonchev–Trinajstić information content (AvgIpc) is 3.00. The van der Waals surface area contributed by atoms with E-state index in [0.29, 0.717) is 63.0 Å². The lowest BCUT2D eigenvalue weighted by atomic mass is 9.95. The van der Waals surface area contributed by atoms with Gasteiger partial charge in [-0.15, -0.1) is 0 Å². The zero-order valence-corrected chi connectivity index (χ0v) is 27.0. The van der Waals surface area contributed by atoms with Crippen molar-refractivity contribution in [2.45, 2.75) is 40.3 Å². The lowest BCUT2D eigenvalue weighted by Gasteiger charge is -2.30. The predicted molar refractivity (Wildman–Crippen MR) is 177 cm³/mol. The Labute approximate surface area is 272 Å². The molecule has 12 heteroatoms. The van der Waals surface area contributed by atoms with Crippen molar-refractivity contribution in [1.29, 1.82) is 0 Å². The van der Waals surface area contributed by atoms with Gasteiger partial charge in [0.05, 0.1) is 36.1 Å². The van der Waals surface area contributed by atoms with Crippen LogP contribution in [0.3, 0.4) is 0 Å². The van der Waals surface area contributed by atoms with Gasteiger partial charge in [-0.3, -0.25) is 4.79 Å². The number of hydrogen-bond donors (Lipinski definition) is 3. The topological polar surface area (TPSA) is 120 Å². The molecule has 3 aromatic carbocycles. The minimum atomic E-state index is -0.636. The number of para-hydroxylation sites is 1. The van der Waals surface area contributed by atoms with E-state index < -0.39 is 17.9 Å². The van der Waals surface area contributed by atoms with Crippen molar-refractivity contribution >= 4 is 47.0 Å². The van der Waals surface area contributed by atoms with Crippen LogP contribution in [0.5, 0.6) is 17.2 Å². The van der Waals surface area contributed by atoms with Crippen molar-refractivity contribution in [2.75, 3.05) is 19.8 Å². The number of nitrogens with zero attached hydrogens (tertiary/aromatic N) is 1.